The molecule has 0 aromatic heterocycles. The third-order valence-corrected chi connectivity index (χ3v) is 3.59. The molecule has 1 aromatic rings. The summed E-state index contributed by atoms with van der Waals surface area (Å²) in [6, 6.07) is 8.34. The Morgan fingerprint density at radius 2 is 1.76 bits per heavy atom. The van der Waals surface area contributed by atoms with Gasteiger partial charge in [-0.3, -0.25) is 4.79 Å². The van der Waals surface area contributed by atoms with Crippen molar-refractivity contribution in [3.8, 4) is 0 Å². The van der Waals surface area contributed by atoms with Gasteiger partial charge in [-0.15, -0.1) is 0 Å². The summed E-state index contributed by atoms with van der Waals surface area (Å²) in [6.45, 7) is 14.7. The molecule has 0 heterocycles. The SMILES string of the molecule is CCN(c1ccc(C(=O)NCCC(C)(C)C)cc1)C(C)C. The minimum atomic E-state index is 0.0124. The molecule has 3 heteroatoms. The monoisotopic (exact) mass is 290 g/mol. The van der Waals surface area contributed by atoms with Crippen LogP contribution in [0.2, 0.25) is 0 Å². The second-order valence-corrected chi connectivity index (χ2v) is 6.99. The molecule has 1 aromatic carbocycles. The van der Waals surface area contributed by atoms with E-state index in [-0.39, 0.29) is 11.3 Å². The van der Waals surface area contributed by atoms with Gasteiger partial charge in [-0.2, -0.15) is 0 Å². The van der Waals surface area contributed by atoms with Gasteiger partial charge in [0.05, 0.1) is 0 Å². The summed E-state index contributed by atoms with van der Waals surface area (Å²) < 4.78 is 0. The van der Waals surface area contributed by atoms with Gasteiger partial charge in [0.15, 0.2) is 0 Å². The molecule has 0 bridgehead atoms. The minimum Gasteiger partial charge on any atom is -0.369 e. The highest BCUT2D eigenvalue weighted by atomic mass is 16.1. The summed E-state index contributed by atoms with van der Waals surface area (Å²) in [5.41, 5.74) is 2.14. The Morgan fingerprint density at radius 1 is 1.19 bits per heavy atom. The van der Waals surface area contributed by atoms with E-state index < -0.39 is 0 Å². The van der Waals surface area contributed by atoms with Gasteiger partial charge in [0.1, 0.15) is 0 Å². The fraction of sp³-hybridized carbons (Fsp3) is 0.611. The Labute approximate surface area is 129 Å². The number of hydrogen-bond donors (Lipinski definition) is 1. The van der Waals surface area contributed by atoms with E-state index >= 15 is 0 Å². The number of amides is 1. The summed E-state index contributed by atoms with van der Waals surface area (Å²) in [7, 11) is 0. The Hall–Kier alpha value is -1.51. The van der Waals surface area contributed by atoms with Crippen LogP contribution in [0.4, 0.5) is 5.69 Å². The lowest BCUT2D eigenvalue weighted by atomic mass is 9.92. The maximum atomic E-state index is 12.1. The van der Waals surface area contributed by atoms with Crippen LogP contribution in [-0.4, -0.2) is 25.0 Å². The topological polar surface area (TPSA) is 32.3 Å². The number of hydrogen-bond acceptors (Lipinski definition) is 2. The van der Waals surface area contributed by atoms with Crippen molar-refractivity contribution in [3.63, 3.8) is 0 Å². The van der Waals surface area contributed by atoms with Crippen molar-refractivity contribution < 1.29 is 4.79 Å². The zero-order chi connectivity index (χ0) is 16.0. The van der Waals surface area contributed by atoms with E-state index in [1.165, 1.54) is 5.69 Å². The molecule has 118 valence electrons. The number of anilines is 1. The van der Waals surface area contributed by atoms with Crippen LogP contribution in [0, 0.1) is 5.41 Å². The third-order valence-electron chi connectivity index (χ3n) is 3.59. The Morgan fingerprint density at radius 3 is 2.19 bits per heavy atom. The fourth-order valence-corrected chi connectivity index (χ4v) is 2.30. The molecule has 0 spiro atoms. The van der Waals surface area contributed by atoms with Crippen molar-refractivity contribution in [3.05, 3.63) is 29.8 Å². The van der Waals surface area contributed by atoms with Crippen molar-refractivity contribution in [2.75, 3.05) is 18.0 Å². The standard InChI is InChI=1S/C18H30N2O/c1-7-20(14(2)3)16-10-8-15(9-11-16)17(21)19-13-12-18(4,5)6/h8-11,14H,7,12-13H2,1-6H3,(H,19,21). The van der Waals surface area contributed by atoms with Crippen LogP contribution in [0.25, 0.3) is 0 Å². The zero-order valence-corrected chi connectivity index (χ0v) is 14.4. The van der Waals surface area contributed by atoms with Gasteiger partial charge in [0.25, 0.3) is 5.91 Å². The van der Waals surface area contributed by atoms with Gasteiger partial charge >= 0.3 is 0 Å². The molecule has 0 aliphatic heterocycles. The molecule has 1 rings (SSSR count). The molecular formula is C18H30N2O. The van der Waals surface area contributed by atoms with Crippen LogP contribution >= 0.6 is 0 Å². The summed E-state index contributed by atoms with van der Waals surface area (Å²) in [4.78, 5) is 14.4. The second-order valence-electron chi connectivity index (χ2n) is 6.99. The predicted molar refractivity (Wildman–Crippen MR) is 91.0 cm³/mol. The van der Waals surface area contributed by atoms with Crippen LogP contribution < -0.4 is 10.2 Å². The van der Waals surface area contributed by atoms with E-state index in [0.717, 1.165) is 25.1 Å². The lowest BCUT2D eigenvalue weighted by Crippen LogP contribution is -2.30. The van der Waals surface area contributed by atoms with Crippen LogP contribution in [-0.2, 0) is 0 Å². The van der Waals surface area contributed by atoms with E-state index in [0.29, 0.717) is 6.04 Å². The molecule has 0 aliphatic carbocycles. The first-order chi connectivity index (χ1) is 9.74. The van der Waals surface area contributed by atoms with Crippen molar-refractivity contribution in [1.29, 1.82) is 0 Å². The van der Waals surface area contributed by atoms with Crippen LogP contribution in [0.1, 0.15) is 58.3 Å². The number of nitrogens with one attached hydrogen (secondary N) is 1. The Bertz CT molecular complexity index is 443. The number of rotatable bonds is 6. The van der Waals surface area contributed by atoms with Gasteiger partial charge in [0, 0.05) is 30.4 Å². The summed E-state index contributed by atoms with van der Waals surface area (Å²) >= 11 is 0. The molecule has 1 amide bonds. The van der Waals surface area contributed by atoms with Gasteiger partial charge in [0.2, 0.25) is 0 Å². The van der Waals surface area contributed by atoms with Crippen molar-refractivity contribution in [2.24, 2.45) is 5.41 Å². The zero-order valence-electron chi connectivity index (χ0n) is 14.4. The molecule has 21 heavy (non-hydrogen) atoms. The highest BCUT2D eigenvalue weighted by molar-refractivity contribution is 5.94. The second kappa shape index (κ2) is 7.48. The van der Waals surface area contributed by atoms with E-state index in [2.05, 4.69) is 51.8 Å². The van der Waals surface area contributed by atoms with Crippen LogP contribution in [0.3, 0.4) is 0 Å². The number of nitrogens with zero attached hydrogens (tertiary/aromatic N) is 1. The number of carbonyl (C=O) groups is 1. The molecule has 0 saturated heterocycles. The van der Waals surface area contributed by atoms with Crippen molar-refractivity contribution >= 4 is 11.6 Å². The molecule has 0 radical (unpaired) electrons. The van der Waals surface area contributed by atoms with Gasteiger partial charge in [-0.1, -0.05) is 20.8 Å². The molecule has 0 saturated carbocycles. The van der Waals surface area contributed by atoms with Gasteiger partial charge < -0.3 is 10.2 Å². The van der Waals surface area contributed by atoms with E-state index in [4.69, 9.17) is 0 Å². The lowest BCUT2D eigenvalue weighted by Gasteiger charge is -2.27. The smallest absolute Gasteiger partial charge is 0.251 e. The Kier molecular flexibility index (Phi) is 6.25. The normalized spacial score (nSPS) is 11.6. The molecule has 1 N–H and O–H groups in total. The lowest BCUT2D eigenvalue weighted by molar-refractivity contribution is 0.0949. The fourth-order valence-electron chi connectivity index (χ4n) is 2.30. The third kappa shape index (κ3) is 5.78. The van der Waals surface area contributed by atoms with Gasteiger partial charge in [-0.25, -0.2) is 0 Å². The maximum Gasteiger partial charge on any atom is 0.251 e. The Balaban J connectivity index is 2.63. The molecule has 0 unspecified atom stereocenters. The maximum absolute atomic E-state index is 12.1. The minimum absolute atomic E-state index is 0.0124. The predicted octanol–water partition coefficient (Wildman–Crippen LogP) is 4.09. The largest absolute Gasteiger partial charge is 0.369 e. The molecule has 3 nitrogen and oxygen atoms in total. The quantitative estimate of drug-likeness (QED) is 0.856. The summed E-state index contributed by atoms with van der Waals surface area (Å²) in [5, 5.41) is 2.99. The first kappa shape index (κ1) is 17.5. The molecule has 0 atom stereocenters. The summed E-state index contributed by atoms with van der Waals surface area (Å²) in [5.74, 6) is 0.0124. The first-order valence-corrected chi connectivity index (χ1v) is 7.89. The van der Waals surface area contributed by atoms with E-state index in [9.17, 15) is 4.79 Å². The average molecular weight is 290 g/mol. The van der Waals surface area contributed by atoms with Crippen molar-refractivity contribution in [1.82, 2.24) is 5.32 Å². The summed E-state index contributed by atoms with van der Waals surface area (Å²) in [6.07, 6.45) is 0.980. The molecule has 0 aliphatic rings. The van der Waals surface area contributed by atoms with Gasteiger partial charge in [-0.05, 0) is 56.9 Å². The number of benzene rings is 1. The van der Waals surface area contributed by atoms with Crippen LogP contribution in [0.5, 0.6) is 0 Å². The first-order valence-electron chi connectivity index (χ1n) is 7.89. The number of carbonyl (C=O) groups excluding carboxylic acids is 1. The highest BCUT2D eigenvalue weighted by Gasteiger charge is 2.12. The average Bonchev–Trinajstić information content (AvgIpc) is 2.38. The van der Waals surface area contributed by atoms with Crippen LogP contribution in [0.15, 0.2) is 24.3 Å². The molecule has 0 fully saturated rings. The van der Waals surface area contributed by atoms with E-state index in [1.54, 1.807) is 0 Å². The van der Waals surface area contributed by atoms with Crippen molar-refractivity contribution in [2.45, 2.75) is 54.0 Å². The molecular weight excluding hydrogens is 260 g/mol. The van der Waals surface area contributed by atoms with E-state index in [1.807, 2.05) is 24.3 Å². The highest BCUT2D eigenvalue weighted by Crippen LogP contribution is 2.19.